The third-order valence-electron chi connectivity index (χ3n) is 12.3. The van der Waals surface area contributed by atoms with Crippen LogP contribution in [0.1, 0.15) is 136 Å². The number of para-hydroxylation sites is 2. The van der Waals surface area contributed by atoms with Gasteiger partial charge in [-0.25, -0.2) is 8.42 Å². The quantitative estimate of drug-likeness (QED) is 0.102. The van der Waals surface area contributed by atoms with Crippen molar-refractivity contribution in [3.05, 3.63) is 136 Å². The normalized spacial score (nSPS) is 19.3. The summed E-state index contributed by atoms with van der Waals surface area (Å²) in [6, 6.07) is 26.6. The van der Waals surface area contributed by atoms with Gasteiger partial charge in [-0.1, -0.05) is 139 Å². The van der Waals surface area contributed by atoms with Gasteiger partial charge < -0.3 is 4.90 Å². The maximum absolute atomic E-state index is 14.8. The van der Waals surface area contributed by atoms with E-state index in [-0.39, 0.29) is 10.8 Å². The molecule has 0 aromatic heterocycles. The molecule has 0 saturated heterocycles. The van der Waals surface area contributed by atoms with Crippen LogP contribution in [0.2, 0.25) is 0 Å². The van der Waals surface area contributed by atoms with Gasteiger partial charge in [0.1, 0.15) is 6.54 Å². The predicted octanol–water partition coefficient (Wildman–Crippen LogP) is 13.1. The molecule has 0 amide bonds. The maximum atomic E-state index is 14.8. The van der Waals surface area contributed by atoms with E-state index < -0.39 is 9.84 Å². The summed E-state index contributed by atoms with van der Waals surface area (Å²) in [5, 5.41) is 0. The molecule has 0 N–H and O–H groups in total. The van der Waals surface area contributed by atoms with Crippen molar-refractivity contribution in [2.24, 2.45) is 0 Å². The number of hydrogen-bond acceptors (Lipinski definition) is 3. The molecule has 0 spiro atoms. The molecule has 2 aliphatic heterocycles. The number of unbranched alkanes of at least 4 members (excludes halogenated alkanes) is 8. The molecule has 0 fully saturated rings. The summed E-state index contributed by atoms with van der Waals surface area (Å²) >= 11 is 0. The average molecular weight is 758 g/mol. The monoisotopic (exact) mass is 757 g/mol. The summed E-state index contributed by atoms with van der Waals surface area (Å²) in [5.74, 6) is 0. The highest BCUT2D eigenvalue weighted by molar-refractivity contribution is 7.95. The lowest BCUT2D eigenvalue weighted by atomic mass is 9.81. The number of anilines is 1. The Hall–Kier alpha value is -3.96. The number of hydrogen-bond donors (Lipinski definition) is 0. The summed E-state index contributed by atoms with van der Waals surface area (Å²) in [6.07, 6.45) is 23.4. The molecule has 3 aliphatic rings. The molecule has 3 aromatic rings. The van der Waals surface area contributed by atoms with E-state index in [0.29, 0.717) is 9.80 Å². The van der Waals surface area contributed by atoms with Gasteiger partial charge in [-0.05, 0) is 86.9 Å². The van der Waals surface area contributed by atoms with E-state index in [9.17, 15) is 8.42 Å². The Morgan fingerprint density at radius 1 is 0.673 bits per heavy atom. The smallest absolute Gasteiger partial charge is 0.209 e. The van der Waals surface area contributed by atoms with E-state index in [4.69, 9.17) is 0 Å². The Balaban J connectivity index is 1.44. The maximum Gasteiger partial charge on any atom is 0.209 e. The molecule has 55 heavy (non-hydrogen) atoms. The molecule has 4 nitrogen and oxygen atoms in total. The SMILES string of the molecule is CCCCCCCN1C(=CC=C2CCCC(C=CC3=[N+](CCCCCCC)c4ccccc4C3(C)C)=C2S(=O)(=O)c2ccccc2)C(C)(C)c2ccccc21. The molecular formula is C50H65N2O2S+. The van der Waals surface area contributed by atoms with Crippen LogP contribution in [-0.4, -0.2) is 31.8 Å². The van der Waals surface area contributed by atoms with E-state index in [0.717, 1.165) is 56.3 Å². The van der Waals surface area contributed by atoms with Crippen LogP contribution in [-0.2, 0) is 20.7 Å². The zero-order valence-electron chi connectivity index (χ0n) is 34.5. The van der Waals surface area contributed by atoms with Crippen molar-refractivity contribution >= 4 is 26.9 Å². The fraction of sp³-hybridized carbons (Fsp3) is 0.460. The minimum absolute atomic E-state index is 0.198. The molecule has 292 valence electrons. The van der Waals surface area contributed by atoms with Gasteiger partial charge in [0, 0.05) is 47.5 Å². The average Bonchev–Trinajstić information content (AvgIpc) is 3.54. The Kier molecular flexibility index (Phi) is 13.2. The van der Waals surface area contributed by atoms with Crippen molar-refractivity contribution in [3.63, 3.8) is 0 Å². The molecular weight excluding hydrogens is 693 g/mol. The molecule has 0 radical (unpaired) electrons. The number of rotatable bonds is 17. The Morgan fingerprint density at radius 3 is 2.04 bits per heavy atom. The van der Waals surface area contributed by atoms with Crippen molar-refractivity contribution in [2.75, 3.05) is 18.0 Å². The molecule has 0 saturated carbocycles. The van der Waals surface area contributed by atoms with E-state index >= 15 is 0 Å². The van der Waals surface area contributed by atoms with Crippen molar-refractivity contribution in [3.8, 4) is 0 Å². The van der Waals surface area contributed by atoms with Crippen LogP contribution in [0, 0.1) is 0 Å². The summed E-state index contributed by atoms with van der Waals surface area (Å²) < 4.78 is 32.1. The van der Waals surface area contributed by atoms with Gasteiger partial charge in [-0.3, -0.25) is 0 Å². The fourth-order valence-corrected chi connectivity index (χ4v) is 10.9. The van der Waals surface area contributed by atoms with E-state index in [1.807, 2.05) is 18.2 Å². The lowest BCUT2D eigenvalue weighted by Crippen LogP contribution is -2.28. The molecule has 0 unspecified atom stereocenters. The molecule has 5 heteroatoms. The molecule has 2 heterocycles. The number of fused-ring (bicyclic) bond motifs is 2. The van der Waals surface area contributed by atoms with Gasteiger partial charge in [0.05, 0.1) is 15.2 Å². The fourth-order valence-electron chi connectivity index (χ4n) is 9.15. The molecule has 1 aliphatic carbocycles. The van der Waals surface area contributed by atoms with Crippen molar-refractivity contribution in [2.45, 2.75) is 141 Å². The summed E-state index contributed by atoms with van der Waals surface area (Å²) in [5.41, 5.74) is 9.12. The summed E-state index contributed by atoms with van der Waals surface area (Å²) in [7, 11) is -3.80. The third kappa shape index (κ3) is 8.58. The van der Waals surface area contributed by atoms with Crippen LogP contribution in [0.25, 0.3) is 0 Å². The molecule has 3 aromatic carbocycles. The Bertz CT molecular complexity index is 2080. The number of allylic oxidation sites excluding steroid dienone is 7. The van der Waals surface area contributed by atoms with Gasteiger partial charge >= 0.3 is 0 Å². The highest BCUT2D eigenvalue weighted by atomic mass is 32.2. The highest BCUT2D eigenvalue weighted by Crippen LogP contribution is 2.48. The largest absolute Gasteiger partial charge is 0.344 e. The van der Waals surface area contributed by atoms with Crippen LogP contribution < -0.4 is 4.90 Å². The van der Waals surface area contributed by atoms with Crippen LogP contribution in [0.5, 0.6) is 0 Å². The van der Waals surface area contributed by atoms with Gasteiger partial charge in [-0.15, -0.1) is 0 Å². The summed E-state index contributed by atoms with van der Waals surface area (Å²) in [4.78, 5) is 3.34. The van der Waals surface area contributed by atoms with Gasteiger partial charge in [0.15, 0.2) is 5.71 Å². The number of benzene rings is 3. The minimum atomic E-state index is -3.80. The predicted molar refractivity (Wildman–Crippen MR) is 233 cm³/mol. The van der Waals surface area contributed by atoms with Crippen molar-refractivity contribution in [1.82, 2.24) is 0 Å². The van der Waals surface area contributed by atoms with Crippen molar-refractivity contribution < 1.29 is 13.0 Å². The van der Waals surface area contributed by atoms with E-state index in [1.165, 1.54) is 85.3 Å². The van der Waals surface area contributed by atoms with Gasteiger partial charge in [-0.2, -0.15) is 4.58 Å². The lowest BCUT2D eigenvalue weighted by Gasteiger charge is -2.27. The van der Waals surface area contributed by atoms with Crippen LogP contribution in [0.4, 0.5) is 11.4 Å². The third-order valence-corrected chi connectivity index (χ3v) is 14.2. The lowest BCUT2D eigenvalue weighted by molar-refractivity contribution is -0.438. The van der Waals surface area contributed by atoms with Gasteiger partial charge in [0.2, 0.25) is 15.5 Å². The minimum Gasteiger partial charge on any atom is -0.344 e. The second-order valence-corrected chi connectivity index (χ2v) is 18.8. The van der Waals surface area contributed by atoms with Crippen LogP contribution >= 0.6 is 0 Å². The van der Waals surface area contributed by atoms with Crippen LogP contribution in [0.3, 0.4) is 0 Å². The second kappa shape index (κ2) is 17.9. The molecule has 6 rings (SSSR count). The molecule has 0 atom stereocenters. The number of nitrogens with zero attached hydrogens (tertiary/aromatic N) is 2. The summed E-state index contributed by atoms with van der Waals surface area (Å²) in [6.45, 7) is 15.7. The van der Waals surface area contributed by atoms with E-state index in [2.05, 4.69) is 124 Å². The molecule has 0 bridgehead atoms. The first-order valence-electron chi connectivity index (χ1n) is 21.3. The Morgan fingerprint density at radius 2 is 1.31 bits per heavy atom. The first-order chi connectivity index (χ1) is 26.5. The number of sulfone groups is 1. The topological polar surface area (TPSA) is 40.4 Å². The highest BCUT2D eigenvalue weighted by Gasteiger charge is 2.44. The standard InChI is InChI=1S/C50H65N2O2S/c1-7-9-11-13-22-37-51-44-31-20-18-29-42(44)49(3,4)46(51)35-33-39-25-24-26-40(48(39)55(53,54)41-27-16-15-17-28-41)34-36-47-50(5,6)43-30-19-21-32-45(43)52(47)38-23-14-12-10-8-2/h15-21,27-36H,7-14,22-26,37-38H2,1-6H3/q+1. The second-order valence-electron chi connectivity index (χ2n) is 16.9. The van der Waals surface area contributed by atoms with Gasteiger partial charge in [0.25, 0.3) is 0 Å². The van der Waals surface area contributed by atoms with Crippen molar-refractivity contribution in [1.29, 1.82) is 0 Å². The van der Waals surface area contributed by atoms with Crippen LogP contribution in [0.15, 0.2) is 130 Å². The zero-order valence-corrected chi connectivity index (χ0v) is 35.4. The first kappa shape index (κ1) is 40.7. The Labute approximate surface area is 333 Å². The zero-order chi connectivity index (χ0) is 39.1. The first-order valence-corrected chi connectivity index (χ1v) is 22.8. The van der Waals surface area contributed by atoms with E-state index in [1.54, 1.807) is 12.1 Å².